The lowest BCUT2D eigenvalue weighted by atomic mass is 10.1. The topological polar surface area (TPSA) is 55.4 Å². The van der Waals surface area contributed by atoms with E-state index in [0.717, 1.165) is 31.5 Å². The molecule has 0 heterocycles. The number of nitrogens with one attached hydrogen (secondary N) is 1. The Morgan fingerprint density at radius 1 is 0.786 bits per heavy atom. The van der Waals surface area contributed by atoms with E-state index < -0.39 is 9.84 Å². The normalized spacial score (nSPS) is 11.3. The molecule has 0 saturated carbocycles. The van der Waals surface area contributed by atoms with Gasteiger partial charge in [-0.25, -0.2) is 8.42 Å². The monoisotopic (exact) mass is 395 g/mol. The van der Waals surface area contributed by atoms with E-state index in [1.165, 1.54) is 5.56 Å². The maximum absolute atomic E-state index is 12.7. The third-order valence-corrected chi connectivity index (χ3v) is 6.38. The molecule has 28 heavy (non-hydrogen) atoms. The summed E-state index contributed by atoms with van der Waals surface area (Å²) in [4.78, 5) is 0.579. The van der Waals surface area contributed by atoms with Gasteiger partial charge in [0.25, 0.3) is 0 Å². The van der Waals surface area contributed by atoms with Crippen LogP contribution in [0.5, 0.6) is 5.75 Å². The van der Waals surface area contributed by atoms with Crippen LogP contribution in [0, 0.1) is 0 Å². The summed E-state index contributed by atoms with van der Waals surface area (Å²) in [5, 5.41) is 3.43. The van der Waals surface area contributed by atoms with E-state index in [-0.39, 0.29) is 4.90 Å². The molecule has 0 aliphatic heterocycles. The zero-order valence-electron chi connectivity index (χ0n) is 16.0. The van der Waals surface area contributed by atoms with Crippen LogP contribution in [0.1, 0.15) is 17.5 Å². The second-order valence-electron chi connectivity index (χ2n) is 6.59. The Hall–Kier alpha value is -2.63. The first kappa shape index (κ1) is 20.1. The van der Waals surface area contributed by atoms with Crippen LogP contribution in [-0.2, 0) is 22.8 Å². The highest BCUT2D eigenvalue weighted by atomic mass is 32.2. The molecule has 5 heteroatoms. The smallest absolute Gasteiger partial charge is 0.206 e. The minimum atomic E-state index is -3.51. The molecule has 4 nitrogen and oxygen atoms in total. The fourth-order valence-electron chi connectivity index (χ4n) is 2.97. The number of benzene rings is 3. The minimum Gasteiger partial charge on any atom is -0.497 e. The van der Waals surface area contributed by atoms with Gasteiger partial charge in [0.05, 0.1) is 16.9 Å². The van der Waals surface area contributed by atoms with Gasteiger partial charge in [-0.1, -0.05) is 42.5 Å². The van der Waals surface area contributed by atoms with Crippen molar-refractivity contribution in [3.63, 3.8) is 0 Å². The van der Waals surface area contributed by atoms with E-state index in [1.54, 1.807) is 43.5 Å². The van der Waals surface area contributed by atoms with Gasteiger partial charge in [-0.15, -0.1) is 0 Å². The van der Waals surface area contributed by atoms with Gasteiger partial charge >= 0.3 is 0 Å². The number of hydrogen-bond donors (Lipinski definition) is 1. The highest BCUT2D eigenvalue weighted by molar-refractivity contribution is 7.91. The average Bonchev–Trinajstić information content (AvgIpc) is 2.74. The molecule has 0 aliphatic carbocycles. The van der Waals surface area contributed by atoms with Gasteiger partial charge in [0.15, 0.2) is 0 Å². The molecule has 1 N–H and O–H groups in total. The average molecular weight is 396 g/mol. The summed E-state index contributed by atoms with van der Waals surface area (Å²) in [7, 11) is -1.95. The molecule has 0 bridgehead atoms. The summed E-state index contributed by atoms with van der Waals surface area (Å²) >= 11 is 0. The third-order valence-electron chi connectivity index (χ3n) is 4.59. The first-order valence-electron chi connectivity index (χ1n) is 9.32. The standard InChI is InChI=1S/C23H25NO3S/c1-27-21-11-15-23(16-12-21)28(25,26)22-13-9-19(10-14-22)8-5-17-24-18-20-6-3-2-4-7-20/h2-4,6-7,9-16,24H,5,8,17-18H2,1H3. The molecular weight excluding hydrogens is 370 g/mol. The van der Waals surface area contributed by atoms with Crippen molar-refractivity contribution in [2.75, 3.05) is 13.7 Å². The van der Waals surface area contributed by atoms with Gasteiger partial charge in [0, 0.05) is 6.54 Å². The van der Waals surface area contributed by atoms with E-state index >= 15 is 0 Å². The van der Waals surface area contributed by atoms with E-state index in [9.17, 15) is 8.42 Å². The van der Waals surface area contributed by atoms with Gasteiger partial charge in [0.1, 0.15) is 5.75 Å². The van der Waals surface area contributed by atoms with Crippen molar-refractivity contribution in [1.29, 1.82) is 0 Å². The van der Waals surface area contributed by atoms with Crippen LogP contribution < -0.4 is 10.1 Å². The Balaban J connectivity index is 1.52. The third kappa shape index (κ3) is 5.21. The summed E-state index contributed by atoms with van der Waals surface area (Å²) in [5.41, 5.74) is 2.41. The summed E-state index contributed by atoms with van der Waals surface area (Å²) < 4.78 is 30.5. The second kappa shape index (κ2) is 9.53. The lowest BCUT2D eigenvalue weighted by Gasteiger charge is -2.08. The van der Waals surface area contributed by atoms with Crippen LogP contribution in [0.15, 0.2) is 88.7 Å². The Labute approximate surface area is 167 Å². The van der Waals surface area contributed by atoms with E-state index in [0.29, 0.717) is 10.6 Å². The predicted octanol–water partition coefficient (Wildman–Crippen LogP) is 4.25. The fraction of sp³-hybridized carbons (Fsp3) is 0.217. The SMILES string of the molecule is COc1ccc(S(=O)(=O)c2ccc(CCCNCc3ccccc3)cc2)cc1. The molecule has 146 valence electrons. The number of hydrogen-bond acceptors (Lipinski definition) is 4. The molecule has 0 aromatic heterocycles. The second-order valence-corrected chi connectivity index (χ2v) is 8.54. The lowest BCUT2D eigenvalue weighted by molar-refractivity contribution is 0.414. The summed E-state index contributed by atoms with van der Waals surface area (Å²) in [6.45, 7) is 1.78. The predicted molar refractivity (Wildman–Crippen MR) is 111 cm³/mol. The van der Waals surface area contributed by atoms with Crippen molar-refractivity contribution in [2.45, 2.75) is 29.2 Å². The number of ether oxygens (including phenoxy) is 1. The Kier molecular flexibility index (Phi) is 6.85. The summed E-state index contributed by atoms with van der Waals surface area (Å²) in [5.74, 6) is 0.634. The van der Waals surface area contributed by atoms with Crippen LogP contribution in [0.3, 0.4) is 0 Å². The number of rotatable bonds is 9. The Morgan fingerprint density at radius 2 is 1.39 bits per heavy atom. The molecule has 3 aromatic rings. The van der Waals surface area contributed by atoms with Crippen molar-refractivity contribution in [2.24, 2.45) is 0 Å². The Morgan fingerprint density at radius 3 is 2.00 bits per heavy atom. The number of methoxy groups -OCH3 is 1. The summed E-state index contributed by atoms with van der Waals surface area (Å²) in [6, 6.07) is 23.9. The van der Waals surface area contributed by atoms with Crippen molar-refractivity contribution < 1.29 is 13.2 Å². The van der Waals surface area contributed by atoms with Gasteiger partial charge in [-0.05, 0) is 66.9 Å². The zero-order chi connectivity index (χ0) is 19.8. The largest absolute Gasteiger partial charge is 0.497 e. The maximum atomic E-state index is 12.7. The molecule has 0 spiro atoms. The van der Waals surface area contributed by atoms with Crippen LogP contribution >= 0.6 is 0 Å². The van der Waals surface area contributed by atoms with Crippen molar-refractivity contribution in [3.8, 4) is 5.75 Å². The van der Waals surface area contributed by atoms with Gasteiger partial charge in [-0.2, -0.15) is 0 Å². The van der Waals surface area contributed by atoms with Crippen molar-refractivity contribution in [3.05, 3.63) is 90.0 Å². The zero-order valence-corrected chi connectivity index (χ0v) is 16.8. The quantitative estimate of drug-likeness (QED) is 0.550. The van der Waals surface area contributed by atoms with Gasteiger partial charge in [-0.3, -0.25) is 0 Å². The molecule has 0 radical (unpaired) electrons. The molecule has 3 aromatic carbocycles. The highest BCUT2D eigenvalue weighted by Crippen LogP contribution is 2.23. The van der Waals surface area contributed by atoms with Crippen molar-refractivity contribution in [1.82, 2.24) is 5.32 Å². The van der Waals surface area contributed by atoms with Crippen molar-refractivity contribution >= 4 is 9.84 Å². The van der Waals surface area contributed by atoms with Gasteiger partial charge in [0.2, 0.25) is 9.84 Å². The molecule has 0 saturated heterocycles. The van der Waals surface area contributed by atoms with Crippen LogP contribution in [0.2, 0.25) is 0 Å². The van der Waals surface area contributed by atoms with E-state index in [1.807, 2.05) is 30.3 Å². The fourth-order valence-corrected chi connectivity index (χ4v) is 4.23. The number of aryl methyl sites for hydroxylation is 1. The van der Waals surface area contributed by atoms with E-state index in [2.05, 4.69) is 17.4 Å². The van der Waals surface area contributed by atoms with E-state index in [4.69, 9.17) is 4.74 Å². The first-order chi connectivity index (χ1) is 13.6. The maximum Gasteiger partial charge on any atom is 0.206 e. The minimum absolute atomic E-state index is 0.270. The molecule has 0 fully saturated rings. The van der Waals surface area contributed by atoms with Crippen LogP contribution in [0.4, 0.5) is 0 Å². The van der Waals surface area contributed by atoms with Crippen LogP contribution in [0.25, 0.3) is 0 Å². The lowest BCUT2D eigenvalue weighted by Crippen LogP contribution is -2.15. The number of sulfone groups is 1. The highest BCUT2D eigenvalue weighted by Gasteiger charge is 2.17. The molecule has 0 aliphatic rings. The Bertz CT molecular complexity index is 967. The molecule has 0 unspecified atom stereocenters. The first-order valence-corrected chi connectivity index (χ1v) is 10.8. The van der Waals surface area contributed by atoms with Gasteiger partial charge < -0.3 is 10.1 Å². The van der Waals surface area contributed by atoms with Crippen LogP contribution in [-0.4, -0.2) is 22.1 Å². The molecule has 3 rings (SSSR count). The molecule has 0 amide bonds. The molecule has 0 atom stereocenters. The summed E-state index contributed by atoms with van der Waals surface area (Å²) in [6.07, 6.45) is 1.90. The molecular formula is C23H25NO3S.